The Balaban J connectivity index is 2.94. The Morgan fingerprint density at radius 3 is 2.27 bits per heavy atom. The number of hydrogen-bond acceptors (Lipinski definition) is 4. The monoisotopic (exact) mass is 301 g/mol. The maximum Gasteiger partial charge on any atom is 0.325 e. The predicted octanol–water partition coefficient (Wildman–Crippen LogP) is 2.02. The molecule has 116 valence electrons. The largest absolute Gasteiger partial charge is 0.480 e. The van der Waals surface area contributed by atoms with Crippen LogP contribution in [0.5, 0.6) is 0 Å². The summed E-state index contributed by atoms with van der Waals surface area (Å²) in [5.41, 5.74) is 3.35. The van der Waals surface area contributed by atoms with Gasteiger partial charge in [0, 0.05) is 11.9 Å². The molecule has 0 saturated carbocycles. The molecule has 1 unspecified atom stereocenters. The standard InChI is InChI=1S/C16H19N3O3/c1-9-5-10(2)14(11(3)6-9)19-15(20)13(7-17)8-18-12(4)16(21)22/h5-6,8,12,18H,1-4H3,(H,19,20)(H,21,22)/b13-8-. The molecule has 6 nitrogen and oxygen atoms in total. The number of rotatable bonds is 5. The van der Waals surface area contributed by atoms with Crippen molar-refractivity contribution in [1.82, 2.24) is 5.32 Å². The predicted molar refractivity (Wildman–Crippen MR) is 83.2 cm³/mol. The number of carbonyl (C=O) groups excluding carboxylic acids is 1. The van der Waals surface area contributed by atoms with E-state index in [1.807, 2.05) is 32.9 Å². The van der Waals surface area contributed by atoms with Crippen LogP contribution in [0, 0.1) is 32.1 Å². The average Bonchev–Trinajstić information content (AvgIpc) is 2.42. The lowest BCUT2D eigenvalue weighted by Gasteiger charge is -2.13. The third-order valence-corrected chi connectivity index (χ3v) is 3.13. The molecule has 1 rings (SSSR count). The number of nitrogens with zero attached hydrogens (tertiary/aromatic N) is 1. The highest BCUT2D eigenvalue weighted by Crippen LogP contribution is 2.22. The molecule has 0 fully saturated rings. The van der Waals surface area contributed by atoms with E-state index in [1.54, 1.807) is 6.07 Å². The van der Waals surface area contributed by atoms with Crippen molar-refractivity contribution in [3.05, 3.63) is 40.6 Å². The number of benzene rings is 1. The summed E-state index contributed by atoms with van der Waals surface area (Å²) in [4.78, 5) is 22.8. The maximum atomic E-state index is 12.1. The fraction of sp³-hybridized carbons (Fsp3) is 0.312. The van der Waals surface area contributed by atoms with Gasteiger partial charge in [-0.2, -0.15) is 5.26 Å². The summed E-state index contributed by atoms with van der Waals surface area (Å²) in [5, 5.41) is 23.0. The third kappa shape index (κ3) is 4.35. The highest BCUT2D eigenvalue weighted by atomic mass is 16.4. The van der Waals surface area contributed by atoms with Gasteiger partial charge in [-0.1, -0.05) is 17.7 Å². The Bertz CT molecular complexity index is 649. The molecule has 0 heterocycles. The lowest BCUT2D eigenvalue weighted by atomic mass is 10.0. The highest BCUT2D eigenvalue weighted by Gasteiger charge is 2.14. The Morgan fingerprint density at radius 1 is 1.27 bits per heavy atom. The number of carboxylic acid groups (broad SMARTS) is 1. The van der Waals surface area contributed by atoms with Crippen molar-refractivity contribution < 1.29 is 14.7 Å². The van der Waals surface area contributed by atoms with Gasteiger partial charge in [-0.25, -0.2) is 0 Å². The van der Waals surface area contributed by atoms with E-state index in [2.05, 4.69) is 10.6 Å². The van der Waals surface area contributed by atoms with Gasteiger partial charge in [-0.15, -0.1) is 0 Å². The second-order valence-electron chi connectivity index (χ2n) is 5.12. The lowest BCUT2D eigenvalue weighted by molar-refractivity contribution is -0.138. The molecule has 0 aromatic heterocycles. The number of aryl methyl sites for hydroxylation is 3. The lowest BCUT2D eigenvalue weighted by Crippen LogP contribution is -2.30. The van der Waals surface area contributed by atoms with E-state index < -0.39 is 17.9 Å². The number of amides is 1. The minimum atomic E-state index is -1.07. The Kier molecular flexibility index (Phi) is 5.70. The topological polar surface area (TPSA) is 102 Å². The molecule has 1 aromatic rings. The second kappa shape index (κ2) is 7.27. The molecule has 1 atom stereocenters. The summed E-state index contributed by atoms with van der Waals surface area (Å²) in [6, 6.07) is 4.74. The van der Waals surface area contributed by atoms with Crippen LogP contribution < -0.4 is 10.6 Å². The van der Waals surface area contributed by atoms with E-state index in [1.165, 1.54) is 6.92 Å². The second-order valence-corrected chi connectivity index (χ2v) is 5.12. The van der Waals surface area contributed by atoms with E-state index >= 15 is 0 Å². The number of carbonyl (C=O) groups is 2. The number of anilines is 1. The van der Waals surface area contributed by atoms with Crippen LogP contribution in [-0.4, -0.2) is 23.0 Å². The smallest absolute Gasteiger partial charge is 0.325 e. The minimum Gasteiger partial charge on any atom is -0.480 e. The van der Waals surface area contributed by atoms with Crippen molar-refractivity contribution >= 4 is 17.6 Å². The fourth-order valence-corrected chi connectivity index (χ4v) is 1.99. The first kappa shape index (κ1) is 17.2. The molecule has 0 aliphatic heterocycles. The van der Waals surface area contributed by atoms with Gasteiger partial charge in [0.15, 0.2) is 0 Å². The molecule has 0 spiro atoms. The van der Waals surface area contributed by atoms with Crippen LogP contribution in [0.25, 0.3) is 0 Å². The van der Waals surface area contributed by atoms with E-state index in [0.29, 0.717) is 5.69 Å². The first-order chi connectivity index (χ1) is 10.3. The summed E-state index contributed by atoms with van der Waals surface area (Å²) < 4.78 is 0. The van der Waals surface area contributed by atoms with Gasteiger partial charge >= 0.3 is 5.97 Å². The molecule has 0 radical (unpaired) electrons. The molecule has 0 saturated heterocycles. The van der Waals surface area contributed by atoms with Crippen LogP contribution >= 0.6 is 0 Å². The Labute approximate surface area is 129 Å². The van der Waals surface area contributed by atoms with Crippen molar-refractivity contribution in [2.45, 2.75) is 33.7 Å². The van der Waals surface area contributed by atoms with Crippen LogP contribution in [0.15, 0.2) is 23.9 Å². The molecular formula is C16H19N3O3. The Hall–Kier alpha value is -2.81. The van der Waals surface area contributed by atoms with Crippen LogP contribution in [-0.2, 0) is 9.59 Å². The van der Waals surface area contributed by atoms with Crippen molar-refractivity contribution in [3.8, 4) is 6.07 Å². The van der Waals surface area contributed by atoms with Gasteiger partial charge < -0.3 is 15.7 Å². The zero-order valence-electron chi connectivity index (χ0n) is 13.0. The summed E-state index contributed by atoms with van der Waals surface area (Å²) in [6.07, 6.45) is 1.12. The zero-order valence-corrected chi connectivity index (χ0v) is 13.0. The van der Waals surface area contributed by atoms with E-state index in [4.69, 9.17) is 10.4 Å². The zero-order chi connectivity index (χ0) is 16.9. The summed E-state index contributed by atoms with van der Waals surface area (Å²) in [7, 11) is 0. The number of nitrogens with one attached hydrogen (secondary N) is 2. The first-order valence-corrected chi connectivity index (χ1v) is 6.74. The van der Waals surface area contributed by atoms with Gasteiger partial charge in [-0.05, 0) is 38.8 Å². The molecule has 0 aliphatic carbocycles. The number of nitriles is 1. The van der Waals surface area contributed by atoms with Gasteiger partial charge in [0.2, 0.25) is 0 Å². The van der Waals surface area contributed by atoms with Crippen LogP contribution in [0.3, 0.4) is 0 Å². The van der Waals surface area contributed by atoms with Gasteiger partial charge in [0.05, 0.1) is 0 Å². The molecule has 0 bridgehead atoms. The van der Waals surface area contributed by atoms with Crippen LogP contribution in [0.1, 0.15) is 23.6 Å². The molecule has 1 aromatic carbocycles. The summed E-state index contributed by atoms with van der Waals surface area (Å²) in [6.45, 7) is 7.12. The highest BCUT2D eigenvalue weighted by molar-refractivity contribution is 6.07. The minimum absolute atomic E-state index is 0.188. The van der Waals surface area contributed by atoms with Gasteiger partial charge in [0.25, 0.3) is 5.91 Å². The van der Waals surface area contributed by atoms with Crippen molar-refractivity contribution in [2.24, 2.45) is 0 Å². The van der Waals surface area contributed by atoms with E-state index in [9.17, 15) is 9.59 Å². The molecule has 0 aliphatic rings. The first-order valence-electron chi connectivity index (χ1n) is 6.74. The molecule has 6 heteroatoms. The van der Waals surface area contributed by atoms with E-state index in [0.717, 1.165) is 22.9 Å². The molecule has 3 N–H and O–H groups in total. The normalized spacial score (nSPS) is 12.2. The number of hydrogen-bond donors (Lipinski definition) is 3. The van der Waals surface area contributed by atoms with Crippen LogP contribution in [0.4, 0.5) is 5.69 Å². The molecular weight excluding hydrogens is 282 g/mol. The summed E-state index contributed by atoms with van der Waals surface area (Å²) >= 11 is 0. The number of carboxylic acids is 1. The quantitative estimate of drug-likeness (QED) is 0.570. The van der Waals surface area contributed by atoms with Gasteiger partial charge in [-0.3, -0.25) is 9.59 Å². The van der Waals surface area contributed by atoms with Crippen molar-refractivity contribution in [3.63, 3.8) is 0 Å². The SMILES string of the molecule is Cc1cc(C)c(NC(=O)/C(C#N)=C\NC(C)C(=O)O)c(C)c1. The van der Waals surface area contributed by atoms with Crippen molar-refractivity contribution in [2.75, 3.05) is 5.32 Å². The third-order valence-electron chi connectivity index (χ3n) is 3.13. The van der Waals surface area contributed by atoms with Crippen molar-refractivity contribution in [1.29, 1.82) is 5.26 Å². The number of aliphatic carboxylic acids is 1. The summed E-state index contributed by atoms with van der Waals surface area (Å²) in [5.74, 6) is -1.65. The maximum absolute atomic E-state index is 12.1. The average molecular weight is 301 g/mol. The van der Waals surface area contributed by atoms with Crippen LogP contribution in [0.2, 0.25) is 0 Å². The van der Waals surface area contributed by atoms with E-state index in [-0.39, 0.29) is 5.57 Å². The molecule has 22 heavy (non-hydrogen) atoms. The Morgan fingerprint density at radius 2 is 1.82 bits per heavy atom. The fourth-order valence-electron chi connectivity index (χ4n) is 1.99. The molecule has 1 amide bonds. The van der Waals surface area contributed by atoms with Gasteiger partial charge in [0.1, 0.15) is 17.7 Å².